The Balaban J connectivity index is 2.23. The van der Waals surface area contributed by atoms with E-state index < -0.39 is 0 Å². The second-order valence-corrected chi connectivity index (χ2v) is 4.24. The predicted molar refractivity (Wildman–Crippen MR) is 55.6 cm³/mol. The molecule has 64 valence electrons. The molecule has 1 fully saturated rings. The van der Waals surface area contributed by atoms with Gasteiger partial charge in [-0.05, 0) is 35.4 Å². The number of halogens is 2. The van der Waals surface area contributed by atoms with Gasteiger partial charge in [-0.3, -0.25) is 4.98 Å². The summed E-state index contributed by atoms with van der Waals surface area (Å²) in [7, 11) is 0. The van der Waals surface area contributed by atoms with Crippen molar-refractivity contribution >= 4 is 34.2 Å². The summed E-state index contributed by atoms with van der Waals surface area (Å²) in [5.74, 6) is 0.811. The van der Waals surface area contributed by atoms with Crippen molar-refractivity contribution in [3.63, 3.8) is 0 Å². The Morgan fingerprint density at radius 1 is 1.50 bits per heavy atom. The zero-order valence-electron chi connectivity index (χ0n) is 6.26. The summed E-state index contributed by atoms with van der Waals surface area (Å²) < 4.78 is 6.54. The van der Waals surface area contributed by atoms with Crippen LogP contribution in [0.15, 0.2) is 12.4 Å². The first kappa shape index (κ1) is 8.56. The molecule has 0 saturated heterocycles. The van der Waals surface area contributed by atoms with Gasteiger partial charge in [-0.1, -0.05) is 11.6 Å². The van der Waals surface area contributed by atoms with Crippen molar-refractivity contribution in [2.24, 2.45) is 0 Å². The number of aromatic nitrogens is 1. The lowest BCUT2D eigenvalue weighted by molar-refractivity contribution is 0.300. The average Bonchev–Trinajstić information content (AvgIpc) is 2.83. The minimum Gasteiger partial charge on any atom is -0.488 e. The third-order valence-electron chi connectivity index (χ3n) is 1.62. The highest BCUT2D eigenvalue weighted by Crippen LogP contribution is 2.32. The first-order valence-electron chi connectivity index (χ1n) is 3.73. The summed E-state index contributed by atoms with van der Waals surface area (Å²) in [5, 5.41) is 0.661. The standard InChI is InChI=1S/C8H7ClINO/c9-6-3-11-4-7(8(6)10)12-5-1-2-5/h3-5H,1-2H2. The van der Waals surface area contributed by atoms with Crippen LogP contribution in [0.2, 0.25) is 5.02 Å². The van der Waals surface area contributed by atoms with Gasteiger partial charge < -0.3 is 4.74 Å². The Bertz CT molecular complexity index is 301. The van der Waals surface area contributed by atoms with Gasteiger partial charge in [0.05, 0.1) is 20.9 Å². The maximum Gasteiger partial charge on any atom is 0.152 e. The highest BCUT2D eigenvalue weighted by Gasteiger charge is 2.24. The first-order chi connectivity index (χ1) is 5.77. The summed E-state index contributed by atoms with van der Waals surface area (Å²) in [6.45, 7) is 0. The molecular formula is C8H7ClINO. The van der Waals surface area contributed by atoms with Crippen molar-refractivity contribution in [3.8, 4) is 5.75 Å². The fourth-order valence-electron chi connectivity index (χ4n) is 0.849. The van der Waals surface area contributed by atoms with E-state index in [1.54, 1.807) is 12.4 Å². The second kappa shape index (κ2) is 3.38. The van der Waals surface area contributed by atoms with Gasteiger partial charge in [-0.25, -0.2) is 0 Å². The smallest absolute Gasteiger partial charge is 0.152 e. The Kier molecular flexibility index (Phi) is 2.41. The highest BCUT2D eigenvalue weighted by atomic mass is 127. The van der Waals surface area contributed by atoms with Crippen molar-refractivity contribution in [2.45, 2.75) is 18.9 Å². The van der Waals surface area contributed by atoms with Gasteiger partial charge >= 0.3 is 0 Å². The molecule has 1 aliphatic rings. The summed E-state index contributed by atoms with van der Waals surface area (Å²) in [4.78, 5) is 3.96. The van der Waals surface area contributed by atoms with Crippen LogP contribution in [0.25, 0.3) is 0 Å². The van der Waals surface area contributed by atoms with Crippen molar-refractivity contribution in [1.82, 2.24) is 4.98 Å². The first-order valence-corrected chi connectivity index (χ1v) is 5.18. The highest BCUT2D eigenvalue weighted by molar-refractivity contribution is 14.1. The van der Waals surface area contributed by atoms with Crippen LogP contribution in [0.4, 0.5) is 0 Å². The van der Waals surface area contributed by atoms with Crippen LogP contribution < -0.4 is 4.74 Å². The third-order valence-corrected chi connectivity index (χ3v) is 3.34. The third kappa shape index (κ3) is 1.82. The molecule has 0 amide bonds. The fraction of sp³-hybridized carbons (Fsp3) is 0.375. The molecule has 1 aromatic rings. The predicted octanol–water partition coefficient (Wildman–Crippen LogP) is 2.88. The maximum absolute atomic E-state index is 5.87. The molecule has 4 heteroatoms. The molecule has 0 radical (unpaired) electrons. The Morgan fingerprint density at radius 2 is 2.25 bits per heavy atom. The molecule has 0 aromatic carbocycles. The molecule has 0 bridgehead atoms. The number of rotatable bonds is 2. The topological polar surface area (TPSA) is 22.1 Å². The molecule has 0 atom stereocenters. The van der Waals surface area contributed by atoms with Crippen LogP contribution in [0.1, 0.15) is 12.8 Å². The monoisotopic (exact) mass is 295 g/mol. The molecule has 0 aliphatic heterocycles. The average molecular weight is 296 g/mol. The molecular weight excluding hydrogens is 288 g/mol. The SMILES string of the molecule is Clc1cncc(OC2CC2)c1I. The molecule has 1 heterocycles. The van der Waals surface area contributed by atoms with E-state index in [1.165, 1.54) is 0 Å². The van der Waals surface area contributed by atoms with Crippen molar-refractivity contribution < 1.29 is 4.74 Å². The second-order valence-electron chi connectivity index (χ2n) is 2.75. The molecule has 0 N–H and O–H groups in total. The minimum absolute atomic E-state index is 0.402. The maximum atomic E-state index is 5.87. The van der Waals surface area contributed by atoms with E-state index >= 15 is 0 Å². The zero-order chi connectivity index (χ0) is 8.55. The van der Waals surface area contributed by atoms with Crippen molar-refractivity contribution in [1.29, 1.82) is 0 Å². The number of ether oxygens (including phenoxy) is 1. The van der Waals surface area contributed by atoms with E-state index in [9.17, 15) is 0 Å². The van der Waals surface area contributed by atoms with Crippen LogP contribution in [-0.2, 0) is 0 Å². The molecule has 2 rings (SSSR count). The molecule has 1 aromatic heterocycles. The van der Waals surface area contributed by atoms with Gasteiger partial charge in [-0.2, -0.15) is 0 Å². The van der Waals surface area contributed by atoms with Gasteiger partial charge in [0, 0.05) is 6.20 Å². The van der Waals surface area contributed by atoms with Crippen LogP contribution in [0.5, 0.6) is 5.75 Å². The summed E-state index contributed by atoms with van der Waals surface area (Å²) >= 11 is 8.04. The van der Waals surface area contributed by atoms with Crippen LogP contribution in [0, 0.1) is 3.57 Å². The van der Waals surface area contributed by atoms with E-state index in [-0.39, 0.29) is 0 Å². The van der Waals surface area contributed by atoms with E-state index in [2.05, 4.69) is 27.6 Å². The van der Waals surface area contributed by atoms with E-state index in [1.807, 2.05) is 0 Å². The quantitative estimate of drug-likeness (QED) is 0.783. The van der Waals surface area contributed by atoms with E-state index in [4.69, 9.17) is 16.3 Å². The molecule has 0 spiro atoms. The Morgan fingerprint density at radius 3 is 2.92 bits per heavy atom. The largest absolute Gasteiger partial charge is 0.488 e. The fourth-order valence-corrected chi connectivity index (χ4v) is 1.40. The van der Waals surface area contributed by atoms with Gasteiger partial charge in [0.25, 0.3) is 0 Å². The lowest BCUT2D eigenvalue weighted by Crippen LogP contribution is -1.98. The van der Waals surface area contributed by atoms with Gasteiger partial charge in [0.1, 0.15) is 0 Å². The number of hydrogen-bond acceptors (Lipinski definition) is 2. The summed E-state index contributed by atoms with van der Waals surface area (Å²) in [5.41, 5.74) is 0. The number of hydrogen-bond donors (Lipinski definition) is 0. The molecule has 1 aliphatic carbocycles. The van der Waals surface area contributed by atoms with Crippen LogP contribution in [0.3, 0.4) is 0 Å². The van der Waals surface area contributed by atoms with Gasteiger partial charge in [0.15, 0.2) is 5.75 Å². The van der Waals surface area contributed by atoms with Crippen molar-refractivity contribution in [3.05, 3.63) is 21.0 Å². The Labute approximate surface area is 89.4 Å². The van der Waals surface area contributed by atoms with Crippen molar-refractivity contribution in [2.75, 3.05) is 0 Å². The minimum atomic E-state index is 0.402. The van der Waals surface area contributed by atoms with Crippen LogP contribution >= 0.6 is 34.2 Å². The van der Waals surface area contributed by atoms with E-state index in [0.717, 1.165) is 22.2 Å². The normalized spacial score (nSPS) is 16.2. The summed E-state index contributed by atoms with van der Waals surface area (Å²) in [6, 6.07) is 0. The van der Waals surface area contributed by atoms with Gasteiger partial charge in [0.2, 0.25) is 0 Å². The molecule has 1 saturated carbocycles. The lowest BCUT2D eigenvalue weighted by Gasteiger charge is -2.06. The molecule has 2 nitrogen and oxygen atoms in total. The molecule has 0 unspecified atom stereocenters. The van der Waals surface area contributed by atoms with Gasteiger partial charge in [-0.15, -0.1) is 0 Å². The number of nitrogens with zero attached hydrogens (tertiary/aromatic N) is 1. The Hall–Kier alpha value is -0.0300. The van der Waals surface area contributed by atoms with E-state index in [0.29, 0.717) is 11.1 Å². The number of pyridine rings is 1. The summed E-state index contributed by atoms with van der Waals surface area (Å²) in [6.07, 6.45) is 6.05. The van der Waals surface area contributed by atoms with Crippen LogP contribution in [-0.4, -0.2) is 11.1 Å². The zero-order valence-corrected chi connectivity index (χ0v) is 9.17. The molecule has 12 heavy (non-hydrogen) atoms. The lowest BCUT2D eigenvalue weighted by atomic mass is 10.4.